The van der Waals surface area contributed by atoms with Crippen molar-refractivity contribution in [3.8, 4) is 5.75 Å². The van der Waals surface area contributed by atoms with Crippen LogP contribution in [0.5, 0.6) is 5.75 Å². The second kappa shape index (κ2) is 13.2. The molecule has 1 aliphatic rings. The quantitative estimate of drug-likeness (QED) is 0.347. The fraction of sp³-hybridized carbons (Fsp3) is 0.310. The Hall–Kier alpha value is -3.21. The number of nitrogens with one attached hydrogen (secondary N) is 2. The van der Waals surface area contributed by atoms with E-state index in [1.54, 1.807) is 30.3 Å². The van der Waals surface area contributed by atoms with Crippen LogP contribution in [-0.2, 0) is 32.6 Å². The van der Waals surface area contributed by atoms with Gasteiger partial charge in [0.25, 0.3) is 15.9 Å². The van der Waals surface area contributed by atoms with E-state index in [-0.39, 0.29) is 28.9 Å². The smallest absolute Gasteiger partial charge is 0.268 e. The maximum absolute atomic E-state index is 13.0. The molecule has 206 valence electrons. The van der Waals surface area contributed by atoms with Crippen molar-refractivity contribution in [1.29, 1.82) is 0 Å². The van der Waals surface area contributed by atoms with Crippen LogP contribution in [-0.4, -0.2) is 40.0 Å². The van der Waals surface area contributed by atoms with Crippen molar-refractivity contribution in [2.24, 2.45) is 5.92 Å². The summed E-state index contributed by atoms with van der Waals surface area (Å²) >= 11 is 3.39. The van der Waals surface area contributed by atoms with E-state index in [0.29, 0.717) is 31.9 Å². The van der Waals surface area contributed by atoms with Crippen LogP contribution >= 0.6 is 15.9 Å². The van der Waals surface area contributed by atoms with Crippen LogP contribution in [0.1, 0.15) is 39.9 Å². The second-order valence-electron chi connectivity index (χ2n) is 9.45. The summed E-state index contributed by atoms with van der Waals surface area (Å²) in [6, 6.07) is 18.8. The summed E-state index contributed by atoms with van der Waals surface area (Å²) in [6.45, 7) is 3.68. The number of rotatable bonds is 10. The fourth-order valence-electron chi connectivity index (χ4n) is 4.17. The van der Waals surface area contributed by atoms with Crippen molar-refractivity contribution >= 4 is 37.8 Å². The number of aryl methyl sites for hydroxylation is 1. The molecular formula is C29H31BrN2O6S. The third-order valence-corrected chi connectivity index (χ3v) is 8.27. The third kappa shape index (κ3) is 8.14. The van der Waals surface area contributed by atoms with Gasteiger partial charge >= 0.3 is 0 Å². The van der Waals surface area contributed by atoms with E-state index in [4.69, 9.17) is 9.47 Å². The highest BCUT2D eigenvalue weighted by atomic mass is 79.9. The molecule has 39 heavy (non-hydrogen) atoms. The van der Waals surface area contributed by atoms with Gasteiger partial charge in [-0.3, -0.25) is 9.59 Å². The predicted octanol–water partition coefficient (Wildman–Crippen LogP) is 4.54. The number of ether oxygens (including phenoxy) is 2. The molecule has 1 saturated heterocycles. The van der Waals surface area contributed by atoms with Crippen LogP contribution in [0.15, 0.2) is 76.1 Å². The summed E-state index contributed by atoms with van der Waals surface area (Å²) in [7, 11) is -4.12. The van der Waals surface area contributed by atoms with Gasteiger partial charge in [-0.25, -0.2) is 13.1 Å². The van der Waals surface area contributed by atoms with E-state index in [2.05, 4.69) is 26.0 Å². The monoisotopic (exact) mass is 614 g/mol. The molecule has 1 fully saturated rings. The first-order valence-electron chi connectivity index (χ1n) is 12.7. The molecule has 0 bridgehead atoms. The van der Waals surface area contributed by atoms with E-state index in [1.807, 2.05) is 31.2 Å². The van der Waals surface area contributed by atoms with Gasteiger partial charge in [-0.1, -0.05) is 46.3 Å². The molecule has 8 nitrogen and oxygen atoms in total. The fourth-order valence-corrected chi connectivity index (χ4v) is 5.40. The average molecular weight is 616 g/mol. The number of amides is 2. The molecule has 1 aliphatic heterocycles. The number of carbonyl (C=O) groups excluding carboxylic acids is 2. The SMILES string of the molecule is Cc1ccc(C(=O)NS(=O)(=O)c2ccc(CCNC(=O)[C@H]3CCCOC3)cc2)c(OCc2ccc(Br)cc2)c1. The van der Waals surface area contributed by atoms with Gasteiger partial charge in [0.15, 0.2) is 0 Å². The Bertz CT molecular complexity index is 1400. The van der Waals surface area contributed by atoms with E-state index in [9.17, 15) is 18.0 Å². The number of halogens is 1. The maximum atomic E-state index is 13.0. The van der Waals surface area contributed by atoms with Gasteiger partial charge in [-0.15, -0.1) is 0 Å². The molecule has 2 N–H and O–H groups in total. The zero-order valence-electron chi connectivity index (χ0n) is 21.6. The van der Waals surface area contributed by atoms with Crippen LogP contribution in [0.3, 0.4) is 0 Å². The molecule has 3 aromatic carbocycles. The summed E-state index contributed by atoms with van der Waals surface area (Å²) in [5.41, 5.74) is 2.76. The van der Waals surface area contributed by atoms with Crippen molar-refractivity contribution in [3.05, 3.63) is 93.5 Å². The number of carbonyl (C=O) groups is 2. The standard InChI is InChI=1S/C29H31BrN2O6S/c1-20-4-13-26(27(17-20)38-18-22-5-9-24(30)10-6-22)29(34)32-39(35,36)25-11-7-21(8-12-25)14-15-31-28(33)23-3-2-16-37-19-23/h4-13,17,23H,2-3,14-16,18-19H2,1H3,(H,31,33)(H,32,34)/t23-/m0/s1. The lowest BCUT2D eigenvalue weighted by molar-refractivity contribution is -0.128. The molecule has 10 heteroatoms. The number of hydrogen-bond donors (Lipinski definition) is 2. The minimum absolute atomic E-state index is 0.0205. The molecule has 4 rings (SSSR count). The molecule has 0 radical (unpaired) electrons. The largest absolute Gasteiger partial charge is 0.488 e. The van der Waals surface area contributed by atoms with Crippen LogP contribution in [0.2, 0.25) is 0 Å². The van der Waals surface area contributed by atoms with Gasteiger partial charge in [0, 0.05) is 17.6 Å². The molecule has 3 aromatic rings. The Morgan fingerprint density at radius 2 is 1.74 bits per heavy atom. The Balaban J connectivity index is 1.35. The lowest BCUT2D eigenvalue weighted by atomic mass is 10.0. The van der Waals surface area contributed by atoms with Gasteiger partial charge in [-0.2, -0.15) is 0 Å². The molecule has 1 atom stereocenters. The first kappa shape index (κ1) is 28.8. The minimum atomic E-state index is -4.12. The normalized spacial score (nSPS) is 15.4. The summed E-state index contributed by atoms with van der Waals surface area (Å²) in [4.78, 5) is 25.2. The molecule has 0 saturated carbocycles. The van der Waals surface area contributed by atoms with Crippen molar-refractivity contribution in [2.45, 2.75) is 37.7 Å². The highest BCUT2D eigenvalue weighted by Gasteiger charge is 2.23. The highest BCUT2D eigenvalue weighted by molar-refractivity contribution is 9.10. The maximum Gasteiger partial charge on any atom is 0.268 e. The van der Waals surface area contributed by atoms with Gasteiger partial charge in [-0.05, 0) is 79.3 Å². The highest BCUT2D eigenvalue weighted by Crippen LogP contribution is 2.23. The van der Waals surface area contributed by atoms with E-state index in [1.165, 1.54) is 12.1 Å². The van der Waals surface area contributed by atoms with Crippen LogP contribution in [0.25, 0.3) is 0 Å². The van der Waals surface area contributed by atoms with Crippen LogP contribution in [0, 0.1) is 12.8 Å². The van der Waals surface area contributed by atoms with E-state index in [0.717, 1.165) is 34.0 Å². The molecular weight excluding hydrogens is 584 g/mol. The Kier molecular flexibility index (Phi) is 9.77. The zero-order chi connectivity index (χ0) is 27.8. The van der Waals surface area contributed by atoms with Gasteiger partial charge in [0.05, 0.1) is 23.0 Å². The Morgan fingerprint density at radius 3 is 2.44 bits per heavy atom. The Labute approximate surface area is 237 Å². The zero-order valence-corrected chi connectivity index (χ0v) is 24.0. The van der Waals surface area contributed by atoms with Crippen molar-refractivity contribution in [2.75, 3.05) is 19.8 Å². The lowest BCUT2D eigenvalue weighted by Crippen LogP contribution is -2.36. The van der Waals surface area contributed by atoms with Gasteiger partial charge in [0.2, 0.25) is 5.91 Å². The molecule has 0 spiro atoms. The number of hydrogen-bond acceptors (Lipinski definition) is 6. The number of sulfonamides is 1. The van der Waals surface area contributed by atoms with E-state index < -0.39 is 15.9 Å². The first-order valence-corrected chi connectivity index (χ1v) is 15.0. The van der Waals surface area contributed by atoms with Crippen LogP contribution in [0.4, 0.5) is 0 Å². The predicted molar refractivity (Wildman–Crippen MR) is 151 cm³/mol. The third-order valence-electron chi connectivity index (χ3n) is 6.39. The van der Waals surface area contributed by atoms with Crippen molar-refractivity contribution in [3.63, 3.8) is 0 Å². The van der Waals surface area contributed by atoms with E-state index >= 15 is 0 Å². The lowest BCUT2D eigenvalue weighted by Gasteiger charge is -2.21. The van der Waals surface area contributed by atoms with Crippen molar-refractivity contribution < 1.29 is 27.5 Å². The minimum Gasteiger partial charge on any atom is -0.488 e. The number of benzene rings is 3. The van der Waals surface area contributed by atoms with Gasteiger partial charge in [0.1, 0.15) is 12.4 Å². The summed E-state index contributed by atoms with van der Waals surface area (Å²) in [5.74, 6) is -0.620. The van der Waals surface area contributed by atoms with Crippen LogP contribution < -0.4 is 14.8 Å². The Morgan fingerprint density at radius 1 is 1.03 bits per heavy atom. The van der Waals surface area contributed by atoms with Gasteiger partial charge < -0.3 is 14.8 Å². The first-order chi connectivity index (χ1) is 18.7. The summed E-state index contributed by atoms with van der Waals surface area (Å²) in [6.07, 6.45) is 2.26. The molecule has 2 amide bonds. The summed E-state index contributed by atoms with van der Waals surface area (Å²) < 4.78 is 40.2. The van der Waals surface area contributed by atoms with Crippen molar-refractivity contribution in [1.82, 2.24) is 10.0 Å². The molecule has 0 aromatic heterocycles. The topological polar surface area (TPSA) is 111 Å². The average Bonchev–Trinajstić information content (AvgIpc) is 2.93. The molecule has 0 unspecified atom stereocenters. The summed E-state index contributed by atoms with van der Waals surface area (Å²) in [5, 5.41) is 2.91. The second-order valence-corrected chi connectivity index (χ2v) is 12.0. The molecule has 1 heterocycles. The molecule has 0 aliphatic carbocycles.